The van der Waals surface area contributed by atoms with Gasteiger partial charge in [-0.2, -0.15) is 0 Å². The Bertz CT molecular complexity index is 817. The zero-order chi connectivity index (χ0) is 16.2. The highest BCUT2D eigenvalue weighted by molar-refractivity contribution is 5.80. The molecule has 0 saturated heterocycles. The normalized spacial score (nSPS) is 12.3. The summed E-state index contributed by atoms with van der Waals surface area (Å²) >= 11 is 0. The van der Waals surface area contributed by atoms with Crippen LogP contribution in [0.5, 0.6) is 5.75 Å². The lowest BCUT2D eigenvalue weighted by atomic mass is 10.1. The van der Waals surface area contributed by atoms with Gasteiger partial charge in [0.15, 0.2) is 0 Å². The van der Waals surface area contributed by atoms with Gasteiger partial charge in [0.2, 0.25) is 0 Å². The van der Waals surface area contributed by atoms with Crippen LogP contribution >= 0.6 is 0 Å². The maximum absolute atomic E-state index is 13.1. The molecule has 0 saturated carbocycles. The van der Waals surface area contributed by atoms with E-state index in [9.17, 15) is 9.50 Å². The highest BCUT2D eigenvalue weighted by Crippen LogP contribution is 2.22. The van der Waals surface area contributed by atoms with E-state index in [1.165, 1.54) is 12.1 Å². The first-order valence-electron chi connectivity index (χ1n) is 7.57. The summed E-state index contributed by atoms with van der Waals surface area (Å²) < 4.78 is 18.8. The van der Waals surface area contributed by atoms with Crippen LogP contribution in [0.2, 0.25) is 0 Å². The van der Waals surface area contributed by atoms with Gasteiger partial charge < -0.3 is 9.84 Å². The van der Waals surface area contributed by atoms with E-state index in [-0.39, 0.29) is 5.82 Å². The van der Waals surface area contributed by atoms with E-state index in [0.29, 0.717) is 13.0 Å². The van der Waals surface area contributed by atoms with E-state index in [2.05, 4.69) is 4.98 Å². The fourth-order valence-electron chi connectivity index (χ4n) is 2.42. The molecule has 23 heavy (non-hydrogen) atoms. The van der Waals surface area contributed by atoms with Crippen LogP contribution in [0.15, 0.2) is 54.7 Å². The van der Waals surface area contributed by atoms with Gasteiger partial charge in [-0.15, -0.1) is 0 Å². The number of aliphatic hydroxyl groups is 1. The van der Waals surface area contributed by atoms with Crippen molar-refractivity contribution < 1.29 is 14.2 Å². The van der Waals surface area contributed by atoms with Gasteiger partial charge in [-0.1, -0.05) is 12.1 Å². The van der Waals surface area contributed by atoms with Crippen LogP contribution in [0.4, 0.5) is 4.39 Å². The lowest BCUT2D eigenvalue weighted by Crippen LogP contribution is -2.01. The van der Waals surface area contributed by atoms with Crippen molar-refractivity contribution in [3.05, 3.63) is 71.7 Å². The lowest BCUT2D eigenvalue weighted by Gasteiger charge is -2.09. The molecule has 0 aliphatic heterocycles. The summed E-state index contributed by atoms with van der Waals surface area (Å²) in [5, 5.41) is 10.5. The standard InChI is InChI=1S/C19H18FNO2/c1-13(22)16-10-15-5-6-18(11-19(15)21-12-16)23-8-7-14-3-2-4-17(20)9-14/h2-6,9-13,22H,7-8H2,1H3. The lowest BCUT2D eigenvalue weighted by molar-refractivity contribution is 0.199. The predicted octanol–water partition coefficient (Wildman–Crippen LogP) is 4.05. The fraction of sp³-hybridized carbons (Fsp3) is 0.211. The van der Waals surface area contributed by atoms with Crippen LogP contribution in [0.1, 0.15) is 24.2 Å². The van der Waals surface area contributed by atoms with E-state index >= 15 is 0 Å². The molecule has 1 atom stereocenters. The molecule has 0 spiro atoms. The molecule has 0 radical (unpaired) electrons. The van der Waals surface area contributed by atoms with Crippen molar-refractivity contribution in [1.29, 1.82) is 0 Å². The van der Waals surface area contributed by atoms with Gasteiger partial charge in [0.25, 0.3) is 0 Å². The van der Waals surface area contributed by atoms with Gasteiger partial charge in [-0.25, -0.2) is 4.39 Å². The van der Waals surface area contributed by atoms with Crippen molar-refractivity contribution in [3.63, 3.8) is 0 Å². The van der Waals surface area contributed by atoms with Crippen molar-refractivity contribution in [2.45, 2.75) is 19.4 Å². The SMILES string of the molecule is CC(O)c1cnc2cc(OCCc3cccc(F)c3)ccc2c1. The molecule has 4 heteroatoms. The largest absolute Gasteiger partial charge is 0.493 e. The second kappa shape index (κ2) is 6.75. The second-order valence-electron chi connectivity index (χ2n) is 5.53. The van der Waals surface area contributed by atoms with E-state index in [0.717, 1.165) is 27.8 Å². The average molecular weight is 311 g/mol. The summed E-state index contributed by atoms with van der Waals surface area (Å²) in [6.45, 7) is 2.19. The number of ether oxygens (including phenoxy) is 1. The summed E-state index contributed by atoms with van der Waals surface area (Å²) in [6, 6.07) is 14.1. The number of pyridine rings is 1. The third-order valence-electron chi connectivity index (χ3n) is 3.71. The molecule has 0 aliphatic carbocycles. The van der Waals surface area contributed by atoms with Crippen LogP contribution in [-0.2, 0) is 6.42 Å². The number of fused-ring (bicyclic) bond motifs is 1. The van der Waals surface area contributed by atoms with Gasteiger partial charge >= 0.3 is 0 Å². The molecule has 1 N–H and O–H groups in total. The summed E-state index contributed by atoms with van der Waals surface area (Å²) in [5.74, 6) is 0.498. The van der Waals surface area contributed by atoms with Crippen molar-refractivity contribution in [2.24, 2.45) is 0 Å². The highest BCUT2D eigenvalue weighted by Gasteiger charge is 2.05. The number of hydrogen-bond donors (Lipinski definition) is 1. The molecule has 0 amide bonds. The van der Waals surface area contributed by atoms with Crippen LogP contribution in [0.25, 0.3) is 10.9 Å². The molecule has 0 aliphatic rings. The molecule has 3 nitrogen and oxygen atoms in total. The zero-order valence-corrected chi connectivity index (χ0v) is 12.9. The Morgan fingerprint density at radius 2 is 2.04 bits per heavy atom. The first-order chi connectivity index (χ1) is 11.1. The Morgan fingerprint density at radius 3 is 2.83 bits per heavy atom. The Kier molecular flexibility index (Phi) is 4.53. The summed E-state index contributed by atoms with van der Waals surface area (Å²) in [5.41, 5.74) is 2.51. The summed E-state index contributed by atoms with van der Waals surface area (Å²) in [7, 11) is 0. The zero-order valence-electron chi connectivity index (χ0n) is 12.9. The van der Waals surface area contributed by atoms with E-state index in [4.69, 9.17) is 4.74 Å². The van der Waals surface area contributed by atoms with E-state index in [1.54, 1.807) is 19.2 Å². The number of hydrogen-bond acceptors (Lipinski definition) is 3. The minimum absolute atomic E-state index is 0.230. The number of nitrogens with zero attached hydrogens (tertiary/aromatic N) is 1. The third-order valence-corrected chi connectivity index (χ3v) is 3.71. The molecular formula is C19H18FNO2. The summed E-state index contributed by atoms with van der Waals surface area (Å²) in [6.07, 6.45) is 1.78. The maximum atomic E-state index is 13.1. The third kappa shape index (κ3) is 3.85. The monoisotopic (exact) mass is 311 g/mol. The van der Waals surface area contributed by atoms with Crippen molar-refractivity contribution in [2.75, 3.05) is 6.61 Å². The molecule has 1 unspecified atom stereocenters. The topological polar surface area (TPSA) is 42.4 Å². The van der Waals surface area contributed by atoms with Gasteiger partial charge in [0.1, 0.15) is 11.6 Å². The van der Waals surface area contributed by atoms with E-state index < -0.39 is 6.10 Å². The Balaban J connectivity index is 1.67. The predicted molar refractivity (Wildman–Crippen MR) is 88.0 cm³/mol. The first kappa shape index (κ1) is 15.4. The number of aliphatic hydroxyl groups excluding tert-OH is 1. The molecular weight excluding hydrogens is 293 g/mol. The van der Waals surface area contributed by atoms with Gasteiger partial charge in [0.05, 0.1) is 18.2 Å². The molecule has 118 valence electrons. The smallest absolute Gasteiger partial charge is 0.123 e. The minimum Gasteiger partial charge on any atom is -0.493 e. The molecule has 3 rings (SSSR count). The Morgan fingerprint density at radius 1 is 1.17 bits per heavy atom. The number of benzene rings is 2. The molecule has 0 bridgehead atoms. The quantitative estimate of drug-likeness (QED) is 0.773. The summed E-state index contributed by atoms with van der Waals surface area (Å²) in [4.78, 5) is 4.35. The van der Waals surface area contributed by atoms with Crippen molar-refractivity contribution in [1.82, 2.24) is 4.98 Å². The van der Waals surface area contributed by atoms with Crippen molar-refractivity contribution >= 4 is 10.9 Å². The van der Waals surface area contributed by atoms with Gasteiger partial charge in [-0.05, 0) is 48.4 Å². The molecule has 3 aromatic rings. The van der Waals surface area contributed by atoms with Crippen LogP contribution in [-0.4, -0.2) is 16.7 Å². The molecule has 2 aromatic carbocycles. The molecule has 1 aromatic heterocycles. The van der Waals surface area contributed by atoms with E-state index in [1.807, 2.05) is 30.3 Å². The van der Waals surface area contributed by atoms with Gasteiger partial charge in [0, 0.05) is 24.1 Å². The van der Waals surface area contributed by atoms with Gasteiger partial charge in [-0.3, -0.25) is 4.98 Å². The first-order valence-corrected chi connectivity index (χ1v) is 7.57. The highest BCUT2D eigenvalue weighted by atomic mass is 19.1. The van der Waals surface area contributed by atoms with Crippen LogP contribution in [0, 0.1) is 5.82 Å². The van der Waals surface area contributed by atoms with Crippen LogP contribution in [0.3, 0.4) is 0 Å². The number of aromatic nitrogens is 1. The van der Waals surface area contributed by atoms with Crippen LogP contribution < -0.4 is 4.74 Å². The Labute approximate surface area is 134 Å². The van der Waals surface area contributed by atoms with Crippen molar-refractivity contribution in [3.8, 4) is 5.75 Å². The second-order valence-corrected chi connectivity index (χ2v) is 5.53. The fourth-order valence-corrected chi connectivity index (χ4v) is 2.42. The molecule has 0 fully saturated rings. The molecule has 1 heterocycles. The Hall–Kier alpha value is -2.46. The minimum atomic E-state index is -0.533. The number of rotatable bonds is 5. The maximum Gasteiger partial charge on any atom is 0.123 e. The average Bonchev–Trinajstić information content (AvgIpc) is 2.54. The number of halogens is 1.